The van der Waals surface area contributed by atoms with Crippen LogP contribution in [-0.2, 0) is 14.3 Å². The van der Waals surface area contributed by atoms with Gasteiger partial charge in [0.2, 0.25) is 0 Å². The van der Waals surface area contributed by atoms with Gasteiger partial charge in [0.15, 0.2) is 11.5 Å². The van der Waals surface area contributed by atoms with Gasteiger partial charge in [-0.2, -0.15) is 0 Å². The fourth-order valence-electron chi connectivity index (χ4n) is 2.52. The summed E-state index contributed by atoms with van der Waals surface area (Å²) in [5.41, 5.74) is 4.43. The van der Waals surface area contributed by atoms with Crippen molar-refractivity contribution in [3.63, 3.8) is 0 Å². The van der Waals surface area contributed by atoms with Crippen molar-refractivity contribution in [3.8, 4) is 11.5 Å². The second-order valence-electron chi connectivity index (χ2n) is 7.57. The zero-order chi connectivity index (χ0) is 23.6. The van der Waals surface area contributed by atoms with Gasteiger partial charge in [-0.25, -0.2) is 10.2 Å². The summed E-state index contributed by atoms with van der Waals surface area (Å²) in [5.74, 6) is 0.119. The van der Waals surface area contributed by atoms with Crippen molar-refractivity contribution < 1.29 is 33.5 Å². The van der Waals surface area contributed by atoms with E-state index in [1.807, 2.05) is 0 Å². The molecule has 2 N–H and O–H groups in total. The monoisotopic (exact) mass is 441 g/mol. The highest BCUT2D eigenvalue weighted by Crippen LogP contribution is 2.37. The van der Waals surface area contributed by atoms with E-state index in [1.165, 1.54) is 19.2 Å². The highest BCUT2D eigenvalue weighted by molar-refractivity contribution is 5.69. The van der Waals surface area contributed by atoms with Gasteiger partial charge < -0.3 is 18.9 Å². The molecule has 0 aliphatic heterocycles. The molecule has 1 atom stereocenters. The fourth-order valence-corrected chi connectivity index (χ4v) is 2.52. The standard InChI is InChI=1S/C20H31N3O8/c1-7-29-18(24)9-8-10-30-17-12-15(23(26)27)14(11-16(17)28-6)13(2)21-22-19(25)31-20(3,4)5/h11-13,21H,7-10H2,1-6H3,(H,22,25). The number of hydrazine groups is 1. The molecule has 11 nitrogen and oxygen atoms in total. The number of nitrogens with one attached hydrogen (secondary N) is 2. The summed E-state index contributed by atoms with van der Waals surface area (Å²) in [6.45, 7) is 8.97. The number of nitro groups is 1. The Balaban J connectivity index is 2.90. The predicted octanol–water partition coefficient (Wildman–Crippen LogP) is 3.42. The van der Waals surface area contributed by atoms with E-state index in [4.69, 9.17) is 18.9 Å². The summed E-state index contributed by atoms with van der Waals surface area (Å²) in [4.78, 5) is 34.3. The van der Waals surface area contributed by atoms with E-state index >= 15 is 0 Å². The highest BCUT2D eigenvalue weighted by Gasteiger charge is 2.25. The van der Waals surface area contributed by atoms with E-state index in [0.29, 0.717) is 13.0 Å². The van der Waals surface area contributed by atoms with Gasteiger partial charge in [-0.15, -0.1) is 0 Å². The Morgan fingerprint density at radius 2 is 1.90 bits per heavy atom. The Labute approximate surface area is 181 Å². The molecule has 0 aliphatic rings. The molecule has 11 heteroatoms. The molecule has 0 radical (unpaired) electrons. The number of amides is 1. The van der Waals surface area contributed by atoms with E-state index in [2.05, 4.69) is 10.9 Å². The van der Waals surface area contributed by atoms with Crippen molar-refractivity contribution in [2.75, 3.05) is 20.3 Å². The first-order valence-corrected chi connectivity index (χ1v) is 9.87. The van der Waals surface area contributed by atoms with Crippen LogP contribution in [0.2, 0.25) is 0 Å². The Kier molecular flexibility index (Phi) is 10.00. The summed E-state index contributed by atoms with van der Waals surface area (Å²) in [6, 6.07) is 2.08. The minimum absolute atomic E-state index is 0.152. The second kappa shape index (κ2) is 11.9. The van der Waals surface area contributed by atoms with Gasteiger partial charge in [0.25, 0.3) is 5.69 Å². The Bertz CT molecular complexity index is 776. The quantitative estimate of drug-likeness (QED) is 0.229. The first kappa shape index (κ1) is 26.0. The predicted molar refractivity (Wildman–Crippen MR) is 112 cm³/mol. The van der Waals surface area contributed by atoms with Crippen molar-refractivity contribution in [1.82, 2.24) is 10.9 Å². The summed E-state index contributed by atoms with van der Waals surface area (Å²) in [5, 5.41) is 11.6. The molecule has 1 amide bonds. The number of benzene rings is 1. The van der Waals surface area contributed by atoms with Crippen LogP contribution in [0.25, 0.3) is 0 Å². The lowest BCUT2D eigenvalue weighted by atomic mass is 10.1. The molecular weight excluding hydrogens is 410 g/mol. The lowest BCUT2D eigenvalue weighted by molar-refractivity contribution is -0.385. The Hall–Kier alpha value is -3.08. The van der Waals surface area contributed by atoms with Gasteiger partial charge in [-0.05, 0) is 47.1 Å². The van der Waals surface area contributed by atoms with Crippen LogP contribution >= 0.6 is 0 Å². The molecule has 31 heavy (non-hydrogen) atoms. The number of nitrogens with zero attached hydrogens (tertiary/aromatic N) is 1. The van der Waals surface area contributed by atoms with E-state index in [-0.39, 0.29) is 41.7 Å². The average molecular weight is 441 g/mol. The van der Waals surface area contributed by atoms with Gasteiger partial charge >= 0.3 is 12.1 Å². The number of nitro benzene ring substituents is 1. The maximum atomic E-state index is 11.8. The minimum Gasteiger partial charge on any atom is -0.493 e. The number of ether oxygens (including phenoxy) is 4. The summed E-state index contributed by atoms with van der Waals surface area (Å²) in [6.07, 6.45) is -0.154. The molecule has 1 rings (SSSR count). The van der Waals surface area contributed by atoms with Crippen LogP contribution in [0.5, 0.6) is 11.5 Å². The Morgan fingerprint density at radius 3 is 2.45 bits per heavy atom. The number of carbonyl (C=O) groups is 2. The molecule has 0 aromatic heterocycles. The molecule has 0 fully saturated rings. The first-order valence-electron chi connectivity index (χ1n) is 9.87. The Morgan fingerprint density at radius 1 is 1.23 bits per heavy atom. The lowest BCUT2D eigenvalue weighted by Gasteiger charge is -2.22. The molecule has 0 spiro atoms. The summed E-state index contributed by atoms with van der Waals surface area (Å²) >= 11 is 0. The number of esters is 1. The van der Waals surface area contributed by atoms with Crippen molar-refractivity contribution >= 4 is 17.7 Å². The van der Waals surface area contributed by atoms with Gasteiger partial charge in [0, 0.05) is 6.42 Å². The molecule has 0 bridgehead atoms. The lowest BCUT2D eigenvalue weighted by Crippen LogP contribution is -2.42. The molecule has 1 unspecified atom stereocenters. The normalized spacial score (nSPS) is 11.9. The SMILES string of the molecule is CCOC(=O)CCCOc1cc([N+](=O)[O-])c(C(C)NNC(=O)OC(C)(C)C)cc1OC. The third-order valence-electron chi connectivity index (χ3n) is 3.85. The second-order valence-corrected chi connectivity index (χ2v) is 7.57. The minimum atomic E-state index is -0.712. The van der Waals surface area contributed by atoms with Gasteiger partial charge in [0.05, 0.1) is 42.9 Å². The molecule has 174 valence electrons. The van der Waals surface area contributed by atoms with Gasteiger partial charge in [0.1, 0.15) is 5.60 Å². The van der Waals surface area contributed by atoms with Crippen LogP contribution < -0.4 is 20.3 Å². The van der Waals surface area contributed by atoms with E-state index in [0.717, 1.165) is 0 Å². The third-order valence-corrected chi connectivity index (χ3v) is 3.85. The van der Waals surface area contributed by atoms with Gasteiger partial charge in [-0.1, -0.05) is 0 Å². The van der Waals surface area contributed by atoms with Crippen LogP contribution in [0.4, 0.5) is 10.5 Å². The third kappa shape index (κ3) is 9.08. The molecule has 0 heterocycles. The number of hydrogen-bond acceptors (Lipinski definition) is 9. The van der Waals surface area contributed by atoms with Crippen molar-refractivity contribution in [1.29, 1.82) is 0 Å². The molecule has 0 saturated heterocycles. The number of rotatable bonds is 11. The number of hydrogen-bond donors (Lipinski definition) is 2. The zero-order valence-corrected chi connectivity index (χ0v) is 18.8. The highest BCUT2D eigenvalue weighted by atomic mass is 16.6. The van der Waals surface area contributed by atoms with E-state index in [1.54, 1.807) is 34.6 Å². The molecular formula is C20H31N3O8. The first-order chi connectivity index (χ1) is 14.5. The van der Waals surface area contributed by atoms with Crippen LogP contribution in [0.3, 0.4) is 0 Å². The molecule has 0 saturated carbocycles. The van der Waals surface area contributed by atoms with Crippen molar-refractivity contribution in [2.24, 2.45) is 0 Å². The maximum absolute atomic E-state index is 11.8. The van der Waals surface area contributed by atoms with Crippen LogP contribution in [-0.4, -0.2) is 42.9 Å². The average Bonchev–Trinajstić information content (AvgIpc) is 2.67. The van der Waals surface area contributed by atoms with Crippen LogP contribution in [0.1, 0.15) is 59.1 Å². The zero-order valence-electron chi connectivity index (χ0n) is 18.8. The van der Waals surface area contributed by atoms with Gasteiger partial charge in [-0.3, -0.25) is 20.3 Å². The summed E-state index contributed by atoms with van der Waals surface area (Å²) in [7, 11) is 1.41. The molecule has 0 aliphatic carbocycles. The van der Waals surface area contributed by atoms with Crippen LogP contribution in [0.15, 0.2) is 12.1 Å². The largest absolute Gasteiger partial charge is 0.493 e. The van der Waals surface area contributed by atoms with E-state index < -0.39 is 22.7 Å². The molecule has 1 aromatic carbocycles. The molecule has 1 aromatic rings. The maximum Gasteiger partial charge on any atom is 0.422 e. The topological polar surface area (TPSA) is 138 Å². The number of methoxy groups -OCH3 is 1. The van der Waals surface area contributed by atoms with Crippen molar-refractivity contribution in [3.05, 3.63) is 27.8 Å². The van der Waals surface area contributed by atoms with Crippen molar-refractivity contribution in [2.45, 2.75) is 59.1 Å². The number of carbonyl (C=O) groups excluding carboxylic acids is 2. The fraction of sp³-hybridized carbons (Fsp3) is 0.600. The smallest absolute Gasteiger partial charge is 0.422 e. The van der Waals surface area contributed by atoms with Crippen LogP contribution in [0, 0.1) is 10.1 Å². The van der Waals surface area contributed by atoms with E-state index in [9.17, 15) is 19.7 Å². The summed E-state index contributed by atoms with van der Waals surface area (Å²) < 4.78 is 20.9.